The van der Waals surface area contributed by atoms with Crippen LogP contribution in [0.25, 0.3) is 6.08 Å². The molecule has 150 valence electrons. The van der Waals surface area contributed by atoms with Gasteiger partial charge in [-0.25, -0.2) is 9.59 Å². The summed E-state index contributed by atoms with van der Waals surface area (Å²) in [6.07, 6.45) is 1.41. The number of ether oxygens (including phenoxy) is 3. The van der Waals surface area contributed by atoms with Crippen LogP contribution in [0.2, 0.25) is 5.02 Å². The van der Waals surface area contributed by atoms with Crippen LogP contribution in [0.5, 0.6) is 11.5 Å². The minimum Gasteiger partial charge on any atom is -0.493 e. The number of thioether (sulfide) groups is 1. The minimum atomic E-state index is -1.18. The summed E-state index contributed by atoms with van der Waals surface area (Å²) in [5.41, 5.74) is 0.417. The standard InChI is InChI=1S/C17H16ClNO8S/c1-8(16(23)26-3)19-15(22)12(28-17(19)24)6-9-4-10(18)14(11(5-9)25-2)27-7-13(20)21/h4-6,8H,7H2,1-3H3,(H,20,21)/b12-6+/t8-/m0/s1. The third-order valence-electron chi connectivity index (χ3n) is 3.64. The number of methoxy groups -OCH3 is 2. The van der Waals surface area contributed by atoms with Crippen molar-refractivity contribution in [2.24, 2.45) is 0 Å². The Kier molecular flexibility index (Phi) is 6.92. The smallest absolute Gasteiger partial charge is 0.341 e. The largest absolute Gasteiger partial charge is 0.493 e. The maximum Gasteiger partial charge on any atom is 0.341 e. The summed E-state index contributed by atoms with van der Waals surface area (Å²) in [6, 6.07) is 1.84. The van der Waals surface area contributed by atoms with Crippen LogP contribution < -0.4 is 9.47 Å². The normalized spacial score (nSPS) is 16.3. The Bertz CT molecular complexity index is 869. The maximum atomic E-state index is 12.5. The van der Waals surface area contributed by atoms with Crippen molar-refractivity contribution in [1.29, 1.82) is 0 Å². The van der Waals surface area contributed by atoms with Gasteiger partial charge in [0.2, 0.25) is 0 Å². The van der Waals surface area contributed by atoms with Gasteiger partial charge >= 0.3 is 11.9 Å². The van der Waals surface area contributed by atoms with Crippen molar-refractivity contribution in [3.05, 3.63) is 27.6 Å². The van der Waals surface area contributed by atoms with Crippen molar-refractivity contribution >= 4 is 52.5 Å². The zero-order valence-electron chi connectivity index (χ0n) is 15.1. The van der Waals surface area contributed by atoms with Crippen LogP contribution in [-0.4, -0.2) is 60.0 Å². The molecule has 1 atom stereocenters. The lowest BCUT2D eigenvalue weighted by Crippen LogP contribution is -2.42. The molecule has 2 rings (SSSR count). The zero-order valence-corrected chi connectivity index (χ0v) is 16.6. The van der Waals surface area contributed by atoms with Gasteiger partial charge in [-0.2, -0.15) is 0 Å². The Morgan fingerprint density at radius 3 is 2.57 bits per heavy atom. The molecule has 1 N–H and O–H groups in total. The van der Waals surface area contributed by atoms with Crippen LogP contribution in [0, 0.1) is 0 Å². The second kappa shape index (κ2) is 8.98. The molecule has 0 aliphatic carbocycles. The van der Waals surface area contributed by atoms with Crippen LogP contribution in [0.4, 0.5) is 4.79 Å². The molecule has 0 unspecified atom stereocenters. The van der Waals surface area contributed by atoms with Crippen LogP contribution in [-0.2, 0) is 19.1 Å². The first-order valence-corrected chi connectivity index (χ1v) is 8.96. The molecule has 1 aliphatic rings. The summed E-state index contributed by atoms with van der Waals surface area (Å²) in [5, 5.41) is 8.19. The van der Waals surface area contributed by atoms with E-state index in [9.17, 15) is 19.2 Å². The van der Waals surface area contributed by atoms with E-state index in [4.69, 9.17) is 26.2 Å². The zero-order chi connectivity index (χ0) is 21.0. The number of esters is 1. The average molecular weight is 430 g/mol. The predicted octanol–water partition coefficient (Wildman–Crippen LogP) is 2.41. The molecule has 11 heteroatoms. The summed E-state index contributed by atoms with van der Waals surface area (Å²) in [7, 11) is 2.50. The van der Waals surface area contributed by atoms with Gasteiger partial charge in [0.25, 0.3) is 11.1 Å². The molecule has 28 heavy (non-hydrogen) atoms. The van der Waals surface area contributed by atoms with Gasteiger partial charge in [-0.3, -0.25) is 14.5 Å². The summed E-state index contributed by atoms with van der Waals surface area (Å²) in [6.45, 7) is 0.777. The van der Waals surface area contributed by atoms with Gasteiger partial charge in [0, 0.05) is 0 Å². The van der Waals surface area contributed by atoms with Gasteiger partial charge in [-0.15, -0.1) is 0 Å². The summed E-state index contributed by atoms with van der Waals surface area (Å²) in [4.78, 5) is 47.9. The molecular weight excluding hydrogens is 414 g/mol. The lowest BCUT2D eigenvalue weighted by atomic mass is 10.1. The molecule has 0 radical (unpaired) electrons. The van der Waals surface area contributed by atoms with Gasteiger partial charge in [0.1, 0.15) is 6.04 Å². The number of carboxylic acid groups (broad SMARTS) is 1. The van der Waals surface area contributed by atoms with E-state index in [2.05, 4.69) is 4.74 Å². The SMILES string of the molecule is COC(=O)[C@H](C)N1C(=O)S/C(=C/c2cc(Cl)c(OCC(=O)O)c(OC)c2)C1=O. The van der Waals surface area contributed by atoms with Gasteiger partial charge in [0.15, 0.2) is 18.1 Å². The topological polar surface area (TPSA) is 119 Å². The van der Waals surface area contributed by atoms with Gasteiger partial charge < -0.3 is 19.3 Å². The number of halogens is 1. The van der Waals surface area contributed by atoms with Crippen molar-refractivity contribution in [3.8, 4) is 11.5 Å². The summed E-state index contributed by atoms with van der Waals surface area (Å²) >= 11 is 6.80. The van der Waals surface area contributed by atoms with Gasteiger partial charge in [-0.1, -0.05) is 11.6 Å². The molecule has 1 saturated heterocycles. The first kappa shape index (κ1) is 21.6. The number of amides is 2. The Labute approximate surface area is 169 Å². The Hall–Kier alpha value is -2.72. The van der Waals surface area contributed by atoms with E-state index in [-0.39, 0.29) is 21.4 Å². The highest BCUT2D eigenvalue weighted by Crippen LogP contribution is 2.39. The van der Waals surface area contributed by atoms with Gasteiger partial charge in [-0.05, 0) is 42.5 Å². The molecular formula is C17H16ClNO8S. The fourth-order valence-electron chi connectivity index (χ4n) is 2.34. The molecule has 2 amide bonds. The average Bonchev–Trinajstić information content (AvgIpc) is 2.92. The second-order valence-corrected chi connectivity index (χ2v) is 6.87. The van der Waals surface area contributed by atoms with E-state index in [0.29, 0.717) is 17.3 Å². The number of aliphatic carboxylic acids is 1. The molecule has 1 aliphatic heterocycles. The minimum absolute atomic E-state index is 0.0381. The summed E-state index contributed by atoms with van der Waals surface area (Å²) < 4.78 is 14.8. The third-order valence-corrected chi connectivity index (χ3v) is 4.81. The first-order chi connectivity index (χ1) is 13.2. The number of rotatable bonds is 7. The van der Waals surface area contributed by atoms with Crippen LogP contribution in [0.1, 0.15) is 12.5 Å². The fraction of sp³-hybridized carbons (Fsp3) is 0.294. The van der Waals surface area contributed by atoms with Crippen molar-refractivity contribution in [2.75, 3.05) is 20.8 Å². The molecule has 1 fully saturated rings. The molecule has 1 heterocycles. The van der Waals surface area contributed by atoms with E-state index in [1.54, 1.807) is 0 Å². The quantitative estimate of drug-likeness (QED) is 0.514. The molecule has 9 nitrogen and oxygen atoms in total. The number of hydrogen-bond acceptors (Lipinski definition) is 8. The van der Waals surface area contributed by atoms with E-state index in [1.807, 2.05) is 0 Å². The summed E-state index contributed by atoms with van der Waals surface area (Å²) in [5.74, 6) is -2.35. The Balaban J connectivity index is 2.33. The van der Waals surface area contributed by atoms with Crippen molar-refractivity contribution < 1.29 is 38.5 Å². The lowest BCUT2D eigenvalue weighted by Gasteiger charge is -2.18. The Morgan fingerprint density at radius 1 is 1.32 bits per heavy atom. The molecule has 1 aromatic carbocycles. The van der Waals surface area contributed by atoms with Crippen LogP contribution in [0.3, 0.4) is 0 Å². The van der Waals surface area contributed by atoms with Crippen molar-refractivity contribution in [3.63, 3.8) is 0 Å². The highest BCUT2D eigenvalue weighted by molar-refractivity contribution is 8.18. The molecule has 0 bridgehead atoms. The van der Waals surface area contributed by atoms with E-state index in [0.717, 1.165) is 12.0 Å². The number of hydrogen-bond donors (Lipinski definition) is 1. The number of nitrogens with zero attached hydrogens (tertiary/aromatic N) is 1. The lowest BCUT2D eigenvalue weighted by molar-refractivity contribution is -0.148. The third kappa shape index (κ3) is 4.57. The second-order valence-electron chi connectivity index (χ2n) is 5.47. The molecule has 0 spiro atoms. The van der Waals surface area contributed by atoms with E-state index >= 15 is 0 Å². The predicted molar refractivity (Wildman–Crippen MR) is 100 cm³/mol. The Morgan fingerprint density at radius 2 is 2.00 bits per heavy atom. The molecule has 0 saturated carbocycles. The fourth-order valence-corrected chi connectivity index (χ4v) is 3.52. The maximum absolute atomic E-state index is 12.5. The van der Waals surface area contributed by atoms with Crippen LogP contribution in [0.15, 0.2) is 17.0 Å². The number of benzene rings is 1. The molecule has 1 aromatic rings. The number of imide groups is 1. The highest BCUT2D eigenvalue weighted by atomic mass is 35.5. The van der Waals surface area contributed by atoms with Gasteiger partial charge in [0.05, 0.1) is 24.1 Å². The first-order valence-electron chi connectivity index (χ1n) is 7.76. The molecule has 0 aromatic heterocycles. The highest BCUT2D eigenvalue weighted by Gasteiger charge is 2.41. The van der Waals surface area contributed by atoms with E-state index < -0.39 is 35.7 Å². The number of carbonyl (C=O) groups is 4. The number of carbonyl (C=O) groups excluding carboxylic acids is 3. The van der Waals surface area contributed by atoms with Crippen molar-refractivity contribution in [2.45, 2.75) is 13.0 Å². The van der Waals surface area contributed by atoms with E-state index in [1.165, 1.54) is 32.2 Å². The number of carboxylic acids is 1. The van der Waals surface area contributed by atoms with Crippen LogP contribution >= 0.6 is 23.4 Å². The monoisotopic (exact) mass is 429 g/mol. The van der Waals surface area contributed by atoms with Crippen molar-refractivity contribution in [1.82, 2.24) is 4.90 Å².